The third kappa shape index (κ3) is 2.86. The summed E-state index contributed by atoms with van der Waals surface area (Å²) in [6.07, 6.45) is 7.21. The highest BCUT2D eigenvalue weighted by molar-refractivity contribution is 7.98. The van der Waals surface area contributed by atoms with Gasteiger partial charge >= 0.3 is 0 Å². The van der Waals surface area contributed by atoms with Crippen molar-refractivity contribution in [2.45, 2.75) is 4.90 Å². The van der Waals surface area contributed by atoms with Crippen LogP contribution in [-0.4, -0.2) is 21.2 Å². The van der Waals surface area contributed by atoms with Gasteiger partial charge in [0, 0.05) is 33.9 Å². The molecule has 24 heavy (non-hydrogen) atoms. The summed E-state index contributed by atoms with van der Waals surface area (Å²) < 4.78 is 0. The van der Waals surface area contributed by atoms with Gasteiger partial charge < -0.3 is 5.32 Å². The van der Waals surface area contributed by atoms with E-state index in [0.29, 0.717) is 0 Å². The Kier molecular flexibility index (Phi) is 4.15. The molecule has 6 heteroatoms. The lowest BCUT2D eigenvalue weighted by Crippen LogP contribution is -1.95. The van der Waals surface area contributed by atoms with E-state index >= 15 is 0 Å². The molecule has 118 valence electrons. The third-order valence-corrected chi connectivity index (χ3v) is 5.31. The van der Waals surface area contributed by atoms with Crippen molar-refractivity contribution in [3.05, 3.63) is 60.5 Å². The van der Waals surface area contributed by atoms with Crippen LogP contribution in [0.4, 0.5) is 11.5 Å². The van der Waals surface area contributed by atoms with Gasteiger partial charge in [0.15, 0.2) is 0 Å². The molecule has 0 fully saturated rings. The predicted molar refractivity (Wildman–Crippen MR) is 102 cm³/mol. The molecule has 4 rings (SSSR count). The van der Waals surface area contributed by atoms with Gasteiger partial charge in [-0.15, -0.1) is 23.1 Å². The van der Waals surface area contributed by atoms with Crippen molar-refractivity contribution < 1.29 is 0 Å². The first kappa shape index (κ1) is 15.1. The van der Waals surface area contributed by atoms with Crippen molar-refractivity contribution >= 4 is 44.8 Å². The van der Waals surface area contributed by atoms with Gasteiger partial charge in [0.1, 0.15) is 17.0 Å². The molecule has 4 nitrogen and oxygen atoms in total. The predicted octanol–water partition coefficient (Wildman–Crippen LogP) is 5.22. The number of rotatable bonds is 4. The summed E-state index contributed by atoms with van der Waals surface area (Å²) in [5.41, 5.74) is 3.30. The highest BCUT2D eigenvalue weighted by Gasteiger charge is 2.13. The Hall–Kier alpha value is -2.44. The van der Waals surface area contributed by atoms with E-state index in [-0.39, 0.29) is 0 Å². The highest BCUT2D eigenvalue weighted by Crippen LogP contribution is 2.38. The Labute approximate surface area is 148 Å². The number of thioether (sulfide) groups is 1. The number of thiophene rings is 1. The minimum Gasteiger partial charge on any atom is -0.339 e. The maximum atomic E-state index is 4.46. The first-order valence-electron chi connectivity index (χ1n) is 7.39. The van der Waals surface area contributed by atoms with Gasteiger partial charge in [-0.3, -0.25) is 4.98 Å². The van der Waals surface area contributed by atoms with Gasteiger partial charge in [0.05, 0.1) is 5.39 Å². The normalized spacial score (nSPS) is 10.9. The number of anilines is 2. The number of benzene rings is 1. The summed E-state index contributed by atoms with van der Waals surface area (Å²) in [5.74, 6) is 0.817. The number of nitrogens with zero attached hydrogens (tertiary/aromatic N) is 3. The minimum absolute atomic E-state index is 0.817. The number of pyridine rings is 1. The summed E-state index contributed by atoms with van der Waals surface area (Å²) in [4.78, 5) is 15.2. The number of aromatic nitrogens is 3. The lowest BCUT2D eigenvalue weighted by Gasteiger charge is -2.08. The first-order chi connectivity index (χ1) is 11.8. The average Bonchev–Trinajstić information content (AvgIpc) is 3.08. The number of hydrogen-bond donors (Lipinski definition) is 1. The van der Waals surface area contributed by atoms with Gasteiger partial charge in [0.25, 0.3) is 0 Å². The topological polar surface area (TPSA) is 50.7 Å². The van der Waals surface area contributed by atoms with Crippen LogP contribution in [0.25, 0.3) is 21.3 Å². The first-order valence-corrected chi connectivity index (χ1v) is 9.49. The van der Waals surface area contributed by atoms with E-state index in [1.807, 2.05) is 12.1 Å². The van der Waals surface area contributed by atoms with E-state index in [9.17, 15) is 0 Å². The molecule has 0 saturated carbocycles. The summed E-state index contributed by atoms with van der Waals surface area (Å²) in [6.45, 7) is 0. The van der Waals surface area contributed by atoms with Gasteiger partial charge in [0.2, 0.25) is 0 Å². The van der Waals surface area contributed by atoms with Crippen LogP contribution in [0, 0.1) is 0 Å². The molecule has 0 saturated heterocycles. The van der Waals surface area contributed by atoms with Crippen LogP contribution >= 0.6 is 23.1 Å². The highest BCUT2D eigenvalue weighted by atomic mass is 32.2. The van der Waals surface area contributed by atoms with Crippen molar-refractivity contribution in [2.75, 3.05) is 11.6 Å². The number of fused-ring (bicyclic) bond motifs is 1. The van der Waals surface area contributed by atoms with Crippen LogP contribution in [0.15, 0.2) is 65.4 Å². The Morgan fingerprint density at radius 1 is 1.08 bits per heavy atom. The van der Waals surface area contributed by atoms with E-state index in [2.05, 4.69) is 56.2 Å². The van der Waals surface area contributed by atoms with Crippen LogP contribution < -0.4 is 5.32 Å². The van der Waals surface area contributed by atoms with Gasteiger partial charge in [-0.25, -0.2) is 9.97 Å². The van der Waals surface area contributed by atoms with Gasteiger partial charge in [-0.1, -0.05) is 12.1 Å². The fraction of sp³-hybridized carbons (Fsp3) is 0.0556. The maximum absolute atomic E-state index is 4.46. The molecule has 0 aliphatic carbocycles. The Bertz CT molecular complexity index is 983. The molecule has 0 amide bonds. The van der Waals surface area contributed by atoms with E-state index in [0.717, 1.165) is 27.3 Å². The van der Waals surface area contributed by atoms with Crippen LogP contribution in [0.3, 0.4) is 0 Å². The summed E-state index contributed by atoms with van der Waals surface area (Å²) in [6, 6.07) is 12.4. The quantitative estimate of drug-likeness (QED) is 0.511. The molecule has 3 aromatic heterocycles. The molecule has 0 atom stereocenters. The maximum Gasteiger partial charge on any atom is 0.143 e. The molecular weight excluding hydrogens is 336 g/mol. The molecule has 0 radical (unpaired) electrons. The summed E-state index contributed by atoms with van der Waals surface area (Å²) >= 11 is 3.38. The second-order valence-corrected chi connectivity index (χ2v) is 6.88. The fourth-order valence-electron chi connectivity index (χ4n) is 2.54. The second kappa shape index (κ2) is 6.59. The number of nitrogens with one attached hydrogen (secondary N) is 1. The second-order valence-electron chi connectivity index (χ2n) is 5.14. The van der Waals surface area contributed by atoms with Crippen molar-refractivity contribution in [1.29, 1.82) is 0 Å². The largest absolute Gasteiger partial charge is 0.339 e. The average molecular weight is 350 g/mol. The molecule has 1 N–H and O–H groups in total. The molecule has 3 heterocycles. The zero-order valence-electron chi connectivity index (χ0n) is 12.9. The zero-order valence-corrected chi connectivity index (χ0v) is 14.6. The lowest BCUT2D eigenvalue weighted by atomic mass is 10.1. The van der Waals surface area contributed by atoms with Crippen LogP contribution in [0.1, 0.15) is 0 Å². The zero-order chi connectivity index (χ0) is 16.4. The molecule has 0 aliphatic rings. The molecule has 0 spiro atoms. The molecule has 4 aromatic rings. The van der Waals surface area contributed by atoms with E-state index < -0.39 is 0 Å². The SMILES string of the molecule is CSc1cccc(-c2csc3ncnc(Nc4ccncc4)c23)c1. The van der Waals surface area contributed by atoms with Crippen LogP contribution in [0.5, 0.6) is 0 Å². The van der Waals surface area contributed by atoms with Crippen LogP contribution in [-0.2, 0) is 0 Å². The standard InChI is InChI=1S/C18H14N4S2/c1-23-14-4-2-3-12(9-14)15-10-24-18-16(15)17(20-11-21-18)22-13-5-7-19-8-6-13/h2-11H,1H3,(H,19,20,21,22). The summed E-state index contributed by atoms with van der Waals surface area (Å²) in [5, 5.41) is 6.58. The molecule has 0 unspecified atom stereocenters. The molecule has 0 aliphatic heterocycles. The van der Waals surface area contributed by atoms with E-state index in [4.69, 9.17) is 0 Å². The minimum atomic E-state index is 0.817. The Morgan fingerprint density at radius 3 is 2.79 bits per heavy atom. The molecule has 0 bridgehead atoms. The number of hydrogen-bond acceptors (Lipinski definition) is 6. The lowest BCUT2D eigenvalue weighted by molar-refractivity contribution is 1.23. The van der Waals surface area contributed by atoms with Crippen molar-refractivity contribution in [2.24, 2.45) is 0 Å². The fourth-order valence-corrected chi connectivity index (χ4v) is 3.92. The monoisotopic (exact) mass is 350 g/mol. The molecule has 1 aromatic carbocycles. The van der Waals surface area contributed by atoms with E-state index in [1.165, 1.54) is 10.5 Å². The third-order valence-electron chi connectivity index (χ3n) is 3.69. The Morgan fingerprint density at radius 2 is 1.96 bits per heavy atom. The van der Waals surface area contributed by atoms with Crippen molar-refractivity contribution in [3.63, 3.8) is 0 Å². The van der Waals surface area contributed by atoms with E-state index in [1.54, 1.807) is 41.8 Å². The summed E-state index contributed by atoms with van der Waals surface area (Å²) in [7, 11) is 0. The van der Waals surface area contributed by atoms with Crippen molar-refractivity contribution in [3.8, 4) is 11.1 Å². The Balaban J connectivity index is 1.85. The molecular formula is C18H14N4S2. The van der Waals surface area contributed by atoms with Crippen molar-refractivity contribution in [1.82, 2.24) is 15.0 Å². The smallest absolute Gasteiger partial charge is 0.143 e. The van der Waals surface area contributed by atoms with Crippen LogP contribution in [0.2, 0.25) is 0 Å². The van der Waals surface area contributed by atoms with Gasteiger partial charge in [-0.2, -0.15) is 0 Å². The van der Waals surface area contributed by atoms with Gasteiger partial charge in [-0.05, 0) is 36.1 Å².